The van der Waals surface area contributed by atoms with Gasteiger partial charge in [-0.3, -0.25) is 0 Å². The molecule has 3 heteroatoms. The summed E-state index contributed by atoms with van der Waals surface area (Å²) in [6, 6.07) is 5.02. The van der Waals surface area contributed by atoms with Crippen molar-refractivity contribution in [1.82, 2.24) is 5.32 Å². The van der Waals surface area contributed by atoms with E-state index in [1.807, 2.05) is 0 Å². The number of hydrogen-bond acceptors (Lipinski definition) is 1. The maximum atomic E-state index is 12.9. The number of hydrogen-bond donors (Lipinski definition) is 1. The van der Waals surface area contributed by atoms with Gasteiger partial charge in [0.2, 0.25) is 0 Å². The molecule has 0 amide bonds. The Labute approximate surface area is 108 Å². The van der Waals surface area contributed by atoms with Crippen LogP contribution in [-0.2, 0) is 6.42 Å². The van der Waals surface area contributed by atoms with Gasteiger partial charge in [0.1, 0.15) is 5.82 Å². The topological polar surface area (TPSA) is 12.0 Å². The first-order valence-corrected chi connectivity index (χ1v) is 6.59. The van der Waals surface area contributed by atoms with Gasteiger partial charge in [-0.1, -0.05) is 38.4 Å². The highest BCUT2D eigenvalue weighted by atomic mass is 35.5. The molecule has 0 aromatic heterocycles. The fraction of sp³-hybridized carbons (Fsp3) is 0.571. The van der Waals surface area contributed by atoms with Crippen molar-refractivity contribution in [1.29, 1.82) is 0 Å². The van der Waals surface area contributed by atoms with Crippen LogP contribution >= 0.6 is 11.6 Å². The monoisotopic (exact) mass is 257 g/mol. The minimum Gasteiger partial charge on any atom is -0.313 e. The van der Waals surface area contributed by atoms with E-state index in [4.69, 9.17) is 11.6 Å². The third kappa shape index (κ3) is 4.64. The molecule has 0 aliphatic rings. The second-order valence-corrected chi connectivity index (χ2v) is 5.15. The SMILES string of the molecule is CCCNC(Cc1ccc(F)cc1Cl)C(C)C. The third-order valence-electron chi connectivity index (χ3n) is 2.92. The lowest BCUT2D eigenvalue weighted by Gasteiger charge is -2.23. The van der Waals surface area contributed by atoms with Gasteiger partial charge >= 0.3 is 0 Å². The van der Waals surface area contributed by atoms with Crippen LogP contribution in [0.4, 0.5) is 4.39 Å². The minimum atomic E-state index is -0.277. The van der Waals surface area contributed by atoms with Crippen molar-refractivity contribution in [3.63, 3.8) is 0 Å². The van der Waals surface area contributed by atoms with Crippen molar-refractivity contribution in [3.8, 4) is 0 Å². The zero-order valence-corrected chi connectivity index (χ0v) is 11.5. The second kappa shape index (κ2) is 6.97. The molecule has 1 N–H and O–H groups in total. The van der Waals surface area contributed by atoms with E-state index >= 15 is 0 Å². The van der Waals surface area contributed by atoms with Gasteiger partial charge in [-0.2, -0.15) is 0 Å². The first-order valence-electron chi connectivity index (χ1n) is 6.22. The molecule has 0 saturated heterocycles. The highest BCUT2D eigenvalue weighted by Crippen LogP contribution is 2.20. The molecule has 1 aromatic carbocycles. The molecule has 0 aliphatic heterocycles. The minimum absolute atomic E-state index is 0.277. The van der Waals surface area contributed by atoms with Crippen LogP contribution in [0.15, 0.2) is 18.2 Å². The Morgan fingerprint density at radius 1 is 1.35 bits per heavy atom. The van der Waals surface area contributed by atoms with Gasteiger partial charge in [0.15, 0.2) is 0 Å². The van der Waals surface area contributed by atoms with Crippen molar-refractivity contribution >= 4 is 11.6 Å². The average molecular weight is 258 g/mol. The summed E-state index contributed by atoms with van der Waals surface area (Å²) < 4.78 is 12.9. The molecule has 17 heavy (non-hydrogen) atoms. The molecule has 1 nitrogen and oxygen atoms in total. The van der Waals surface area contributed by atoms with Crippen LogP contribution in [0.3, 0.4) is 0 Å². The molecular formula is C14H21ClFN. The average Bonchev–Trinajstić information content (AvgIpc) is 2.26. The summed E-state index contributed by atoms with van der Waals surface area (Å²) >= 11 is 6.04. The quantitative estimate of drug-likeness (QED) is 0.811. The van der Waals surface area contributed by atoms with Crippen LogP contribution in [0.1, 0.15) is 32.8 Å². The molecule has 0 bridgehead atoms. The Morgan fingerprint density at radius 3 is 2.59 bits per heavy atom. The molecule has 1 rings (SSSR count). The van der Waals surface area contributed by atoms with Crippen LogP contribution in [0.5, 0.6) is 0 Å². The van der Waals surface area contributed by atoms with Gasteiger partial charge in [-0.15, -0.1) is 0 Å². The Hall–Kier alpha value is -0.600. The lowest BCUT2D eigenvalue weighted by Crippen LogP contribution is -2.36. The molecule has 0 saturated carbocycles. The summed E-state index contributed by atoms with van der Waals surface area (Å²) in [6.45, 7) is 7.52. The maximum absolute atomic E-state index is 12.9. The van der Waals surface area contributed by atoms with Gasteiger partial charge in [0, 0.05) is 11.1 Å². The van der Waals surface area contributed by atoms with Crippen LogP contribution in [0.2, 0.25) is 5.02 Å². The van der Waals surface area contributed by atoms with Crippen molar-refractivity contribution in [2.24, 2.45) is 5.92 Å². The molecular weight excluding hydrogens is 237 g/mol. The van der Waals surface area contributed by atoms with Crippen molar-refractivity contribution in [2.75, 3.05) is 6.54 Å². The van der Waals surface area contributed by atoms with Crippen LogP contribution < -0.4 is 5.32 Å². The normalized spacial score (nSPS) is 13.1. The second-order valence-electron chi connectivity index (χ2n) is 4.74. The zero-order chi connectivity index (χ0) is 12.8. The number of nitrogens with one attached hydrogen (secondary N) is 1. The summed E-state index contributed by atoms with van der Waals surface area (Å²) in [4.78, 5) is 0. The molecule has 1 aromatic rings. The lowest BCUT2D eigenvalue weighted by molar-refractivity contribution is 0.397. The van der Waals surface area contributed by atoms with Gasteiger partial charge in [0.05, 0.1) is 0 Å². The molecule has 0 aliphatic carbocycles. The predicted molar refractivity (Wildman–Crippen MR) is 72.0 cm³/mol. The number of rotatable bonds is 6. The maximum Gasteiger partial charge on any atom is 0.124 e. The highest BCUT2D eigenvalue weighted by Gasteiger charge is 2.14. The summed E-state index contributed by atoms with van der Waals surface area (Å²) in [7, 11) is 0. The number of benzene rings is 1. The van der Waals surface area contributed by atoms with Crippen molar-refractivity contribution in [3.05, 3.63) is 34.6 Å². The van der Waals surface area contributed by atoms with Gasteiger partial charge in [-0.05, 0) is 43.0 Å². The molecule has 0 heterocycles. The highest BCUT2D eigenvalue weighted by molar-refractivity contribution is 6.31. The number of halogens is 2. The summed E-state index contributed by atoms with van der Waals surface area (Å²) in [5.74, 6) is 0.254. The fourth-order valence-corrected chi connectivity index (χ4v) is 2.04. The Morgan fingerprint density at radius 2 is 2.06 bits per heavy atom. The molecule has 1 atom stereocenters. The van der Waals surface area contributed by atoms with E-state index < -0.39 is 0 Å². The van der Waals surface area contributed by atoms with Crippen LogP contribution in [0, 0.1) is 11.7 Å². The van der Waals surface area contributed by atoms with Gasteiger partial charge in [0.25, 0.3) is 0 Å². The standard InChI is InChI=1S/C14H21ClFN/c1-4-7-17-14(10(2)3)8-11-5-6-12(16)9-13(11)15/h5-6,9-10,14,17H,4,7-8H2,1-3H3. The van der Waals surface area contributed by atoms with E-state index in [0.717, 1.165) is 24.9 Å². The largest absolute Gasteiger partial charge is 0.313 e. The first-order chi connectivity index (χ1) is 8.04. The fourth-order valence-electron chi connectivity index (χ4n) is 1.80. The Bertz CT molecular complexity index is 352. The van der Waals surface area contributed by atoms with E-state index in [2.05, 4.69) is 26.1 Å². The van der Waals surface area contributed by atoms with E-state index in [1.54, 1.807) is 6.07 Å². The molecule has 0 spiro atoms. The van der Waals surface area contributed by atoms with Crippen LogP contribution in [-0.4, -0.2) is 12.6 Å². The molecule has 0 radical (unpaired) electrons. The predicted octanol–water partition coefficient (Wildman–Crippen LogP) is 4.05. The van der Waals surface area contributed by atoms with Crippen LogP contribution in [0.25, 0.3) is 0 Å². The van der Waals surface area contributed by atoms with E-state index in [1.165, 1.54) is 12.1 Å². The molecule has 0 fully saturated rings. The summed E-state index contributed by atoms with van der Waals surface area (Å²) in [6.07, 6.45) is 1.96. The van der Waals surface area contributed by atoms with E-state index in [0.29, 0.717) is 17.0 Å². The first kappa shape index (κ1) is 14.5. The van der Waals surface area contributed by atoms with Crippen molar-refractivity contribution in [2.45, 2.75) is 39.7 Å². The van der Waals surface area contributed by atoms with Gasteiger partial charge in [-0.25, -0.2) is 4.39 Å². The molecule has 1 unspecified atom stereocenters. The zero-order valence-electron chi connectivity index (χ0n) is 10.8. The van der Waals surface area contributed by atoms with E-state index in [9.17, 15) is 4.39 Å². The Balaban J connectivity index is 2.71. The third-order valence-corrected chi connectivity index (χ3v) is 3.27. The van der Waals surface area contributed by atoms with Gasteiger partial charge < -0.3 is 5.32 Å². The van der Waals surface area contributed by atoms with Crippen molar-refractivity contribution < 1.29 is 4.39 Å². The lowest BCUT2D eigenvalue weighted by atomic mass is 9.96. The smallest absolute Gasteiger partial charge is 0.124 e. The summed E-state index contributed by atoms with van der Waals surface area (Å²) in [5.41, 5.74) is 1.01. The molecule has 96 valence electrons. The summed E-state index contributed by atoms with van der Waals surface area (Å²) in [5, 5.41) is 4.03. The Kier molecular flexibility index (Phi) is 5.93. The van der Waals surface area contributed by atoms with E-state index in [-0.39, 0.29) is 5.82 Å².